The fourth-order valence-corrected chi connectivity index (χ4v) is 3.43. The molecule has 0 atom stereocenters. The molecule has 0 saturated carbocycles. The number of nitrogens with zero attached hydrogens (tertiary/aromatic N) is 4. The van der Waals surface area contributed by atoms with Crippen LogP contribution in [-0.4, -0.2) is 52.9 Å². The van der Waals surface area contributed by atoms with Crippen LogP contribution in [0.15, 0.2) is 24.5 Å². The van der Waals surface area contributed by atoms with Crippen molar-refractivity contribution in [1.82, 2.24) is 19.7 Å². The molecule has 26 heavy (non-hydrogen) atoms. The van der Waals surface area contributed by atoms with E-state index in [4.69, 9.17) is 9.47 Å². The number of carbonyl (C=O) groups is 1. The Morgan fingerprint density at radius 2 is 2.00 bits per heavy atom. The lowest BCUT2D eigenvalue weighted by atomic mass is 9.93. The van der Waals surface area contributed by atoms with Gasteiger partial charge in [0.25, 0.3) is 0 Å². The van der Waals surface area contributed by atoms with Gasteiger partial charge in [0.15, 0.2) is 0 Å². The minimum Gasteiger partial charge on any atom is -0.497 e. The van der Waals surface area contributed by atoms with E-state index < -0.39 is 0 Å². The van der Waals surface area contributed by atoms with Crippen molar-refractivity contribution < 1.29 is 14.3 Å². The van der Waals surface area contributed by atoms with Crippen LogP contribution in [0.2, 0.25) is 0 Å². The summed E-state index contributed by atoms with van der Waals surface area (Å²) in [4.78, 5) is 14.7. The largest absolute Gasteiger partial charge is 0.497 e. The molecule has 0 N–H and O–H groups in total. The Bertz CT molecular complexity index is 751. The third-order valence-electron chi connectivity index (χ3n) is 5.07. The summed E-state index contributed by atoms with van der Waals surface area (Å²) in [5, 5.41) is 8.10. The van der Waals surface area contributed by atoms with E-state index in [-0.39, 0.29) is 5.91 Å². The van der Waals surface area contributed by atoms with Crippen molar-refractivity contribution in [3.63, 3.8) is 0 Å². The van der Waals surface area contributed by atoms with Gasteiger partial charge in [0, 0.05) is 32.1 Å². The van der Waals surface area contributed by atoms with E-state index >= 15 is 0 Å². The maximum atomic E-state index is 12.7. The predicted molar refractivity (Wildman–Crippen MR) is 97.3 cm³/mol. The molecular formula is C19H26N4O3. The molecule has 0 bridgehead atoms. The van der Waals surface area contributed by atoms with Gasteiger partial charge in [-0.25, -0.2) is 0 Å². The summed E-state index contributed by atoms with van der Waals surface area (Å²) < 4.78 is 12.6. The molecule has 2 heterocycles. The van der Waals surface area contributed by atoms with Crippen LogP contribution in [-0.2, 0) is 24.7 Å². The topological polar surface area (TPSA) is 69.5 Å². The molecule has 0 spiro atoms. The summed E-state index contributed by atoms with van der Waals surface area (Å²) in [6, 6.07) is 5.55. The van der Waals surface area contributed by atoms with Crippen molar-refractivity contribution in [2.24, 2.45) is 13.0 Å². The van der Waals surface area contributed by atoms with Crippen LogP contribution in [0.3, 0.4) is 0 Å². The summed E-state index contributed by atoms with van der Waals surface area (Å²) in [7, 11) is 5.21. The molecule has 0 aliphatic carbocycles. The van der Waals surface area contributed by atoms with Crippen LogP contribution in [0.4, 0.5) is 0 Å². The number of methoxy groups -OCH3 is 2. The van der Waals surface area contributed by atoms with Crippen LogP contribution in [0.5, 0.6) is 11.5 Å². The molecule has 3 rings (SSSR count). The molecule has 1 aliphatic heterocycles. The highest BCUT2D eigenvalue weighted by molar-refractivity contribution is 5.79. The normalized spacial score (nSPS) is 15.1. The minimum absolute atomic E-state index is 0.133. The molecule has 0 radical (unpaired) electrons. The van der Waals surface area contributed by atoms with Crippen molar-refractivity contribution in [2.45, 2.75) is 25.7 Å². The Labute approximate surface area is 153 Å². The van der Waals surface area contributed by atoms with Gasteiger partial charge in [0.2, 0.25) is 5.91 Å². The molecule has 140 valence electrons. The smallest absolute Gasteiger partial charge is 0.227 e. The standard InChI is InChI=1S/C19H26N4O3/c1-22-13-20-21-18(22)10-14-6-8-23(9-7-14)19(24)12-15-11-16(25-2)4-5-17(15)26-3/h4-5,11,13-14H,6-10,12H2,1-3H3. The van der Waals surface area contributed by atoms with Crippen LogP contribution in [0, 0.1) is 5.92 Å². The number of likely N-dealkylation sites (tertiary alicyclic amines) is 1. The molecular weight excluding hydrogens is 332 g/mol. The van der Waals surface area contributed by atoms with E-state index in [0.717, 1.165) is 55.2 Å². The Balaban J connectivity index is 1.56. The van der Waals surface area contributed by atoms with Crippen molar-refractivity contribution in [2.75, 3.05) is 27.3 Å². The number of amides is 1. The summed E-state index contributed by atoms with van der Waals surface area (Å²) in [5.41, 5.74) is 0.859. The Morgan fingerprint density at radius 1 is 1.23 bits per heavy atom. The van der Waals surface area contributed by atoms with E-state index in [1.807, 2.05) is 34.7 Å². The highest BCUT2D eigenvalue weighted by Crippen LogP contribution is 2.26. The second kappa shape index (κ2) is 8.21. The monoisotopic (exact) mass is 358 g/mol. The number of carbonyl (C=O) groups excluding carboxylic acids is 1. The van der Waals surface area contributed by atoms with Gasteiger partial charge < -0.3 is 18.9 Å². The van der Waals surface area contributed by atoms with Crippen LogP contribution >= 0.6 is 0 Å². The molecule has 1 saturated heterocycles. The molecule has 1 aromatic carbocycles. The highest BCUT2D eigenvalue weighted by atomic mass is 16.5. The van der Waals surface area contributed by atoms with Crippen LogP contribution in [0.1, 0.15) is 24.2 Å². The SMILES string of the molecule is COc1ccc(OC)c(CC(=O)N2CCC(Cc3nncn3C)CC2)c1. The average Bonchev–Trinajstić information content (AvgIpc) is 3.06. The van der Waals surface area contributed by atoms with Gasteiger partial charge >= 0.3 is 0 Å². The fraction of sp³-hybridized carbons (Fsp3) is 0.526. The van der Waals surface area contributed by atoms with Gasteiger partial charge in [-0.1, -0.05) is 0 Å². The second-order valence-electron chi connectivity index (χ2n) is 6.74. The number of hydrogen-bond donors (Lipinski definition) is 0. The van der Waals surface area contributed by atoms with E-state index in [1.165, 1.54) is 0 Å². The first-order chi connectivity index (χ1) is 12.6. The van der Waals surface area contributed by atoms with Crippen LogP contribution < -0.4 is 9.47 Å². The molecule has 1 fully saturated rings. The first-order valence-electron chi connectivity index (χ1n) is 8.92. The third-order valence-corrected chi connectivity index (χ3v) is 5.07. The third kappa shape index (κ3) is 4.15. The molecule has 0 unspecified atom stereocenters. The molecule has 1 aliphatic rings. The quantitative estimate of drug-likeness (QED) is 0.788. The molecule has 7 nitrogen and oxygen atoms in total. The van der Waals surface area contributed by atoms with Gasteiger partial charge in [-0.05, 0) is 37.0 Å². The Kier molecular flexibility index (Phi) is 5.75. The molecule has 2 aromatic rings. The number of ether oxygens (including phenoxy) is 2. The fourth-order valence-electron chi connectivity index (χ4n) is 3.43. The highest BCUT2D eigenvalue weighted by Gasteiger charge is 2.24. The van der Waals surface area contributed by atoms with Crippen LogP contribution in [0.25, 0.3) is 0 Å². The summed E-state index contributed by atoms with van der Waals surface area (Å²) in [6.07, 6.45) is 4.97. The van der Waals surface area contributed by atoms with Crippen molar-refractivity contribution in [1.29, 1.82) is 0 Å². The van der Waals surface area contributed by atoms with Gasteiger partial charge in [-0.15, -0.1) is 10.2 Å². The number of rotatable bonds is 6. The predicted octanol–water partition coefficient (Wildman–Crippen LogP) is 1.86. The van der Waals surface area contributed by atoms with Crippen molar-refractivity contribution in [3.05, 3.63) is 35.9 Å². The molecule has 1 amide bonds. The first kappa shape index (κ1) is 18.2. The summed E-state index contributed by atoms with van der Waals surface area (Å²) in [6.45, 7) is 1.57. The van der Waals surface area contributed by atoms with Gasteiger partial charge in [0.05, 0.1) is 20.6 Å². The van der Waals surface area contributed by atoms with E-state index in [2.05, 4.69) is 10.2 Å². The van der Waals surface area contributed by atoms with E-state index in [0.29, 0.717) is 12.3 Å². The Morgan fingerprint density at radius 3 is 2.62 bits per heavy atom. The Hall–Kier alpha value is -2.57. The van der Waals surface area contributed by atoms with Gasteiger partial charge in [0.1, 0.15) is 23.7 Å². The average molecular weight is 358 g/mol. The number of aromatic nitrogens is 3. The van der Waals surface area contributed by atoms with Crippen molar-refractivity contribution in [3.8, 4) is 11.5 Å². The summed E-state index contributed by atoms with van der Waals surface area (Å²) >= 11 is 0. The van der Waals surface area contributed by atoms with Gasteiger partial charge in [-0.2, -0.15) is 0 Å². The van der Waals surface area contributed by atoms with E-state index in [1.54, 1.807) is 20.5 Å². The number of hydrogen-bond acceptors (Lipinski definition) is 5. The minimum atomic E-state index is 0.133. The first-order valence-corrected chi connectivity index (χ1v) is 8.92. The molecule has 1 aromatic heterocycles. The second-order valence-corrected chi connectivity index (χ2v) is 6.74. The lowest BCUT2D eigenvalue weighted by molar-refractivity contribution is -0.131. The van der Waals surface area contributed by atoms with Gasteiger partial charge in [-0.3, -0.25) is 4.79 Å². The maximum absolute atomic E-state index is 12.7. The zero-order valence-electron chi connectivity index (χ0n) is 15.6. The number of aryl methyl sites for hydroxylation is 1. The zero-order chi connectivity index (χ0) is 18.5. The molecule has 7 heteroatoms. The summed E-state index contributed by atoms with van der Waals surface area (Å²) in [5.74, 6) is 3.14. The lowest BCUT2D eigenvalue weighted by Crippen LogP contribution is -2.39. The van der Waals surface area contributed by atoms with E-state index in [9.17, 15) is 4.79 Å². The number of benzene rings is 1. The zero-order valence-corrected chi connectivity index (χ0v) is 15.6. The number of piperidine rings is 1. The lowest BCUT2D eigenvalue weighted by Gasteiger charge is -2.32. The maximum Gasteiger partial charge on any atom is 0.227 e. The van der Waals surface area contributed by atoms with Crippen molar-refractivity contribution >= 4 is 5.91 Å².